The number of Topliss-reactive ketones (excluding diaryl/α,β-unsaturated/α-hetero) is 1. The normalized spacial score (nSPS) is 13.6. The van der Waals surface area contributed by atoms with Crippen LogP contribution in [-0.4, -0.2) is 36.1 Å². The van der Waals surface area contributed by atoms with Crippen molar-refractivity contribution >= 4 is 17.4 Å². The van der Waals surface area contributed by atoms with Gasteiger partial charge in [-0.15, -0.1) is 0 Å². The number of nitrogen functional groups attached to an aromatic ring is 1. The number of carbonyl (C=O) groups excluding carboxylic acids is 1. The third-order valence-corrected chi connectivity index (χ3v) is 3.07. The summed E-state index contributed by atoms with van der Waals surface area (Å²) in [5.74, 6) is -0.681. The van der Waals surface area contributed by atoms with Gasteiger partial charge in [-0.3, -0.25) is 14.9 Å². The van der Waals surface area contributed by atoms with E-state index in [2.05, 4.69) is 5.32 Å². The molecule has 2 unspecified atom stereocenters. The molecule has 20 heavy (non-hydrogen) atoms. The van der Waals surface area contributed by atoms with E-state index in [1.165, 1.54) is 13.2 Å². The molecule has 0 saturated carbocycles. The summed E-state index contributed by atoms with van der Waals surface area (Å²) in [4.78, 5) is 23.2. The number of ketones is 1. The Morgan fingerprint density at radius 2 is 2.10 bits per heavy atom. The molecule has 1 aromatic carbocycles. The van der Waals surface area contributed by atoms with Crippen molar-refractivity contribution in [3.63, 3.8) is 0 Å². The molecule has 2 atom stereocenters. The Bertz CT molecular complexity index is 502. The molecule has 0 spiro atoms. The van der Waals surface area contributed by atoms with Gasteiger partial charge < -0.3 is 15.6 Å². The number of benzene rings is 1. The van der Waals surface area contributed by atoms with Gasteiger partial charge in [-0.05, 0) is 31.5 Å². The van der Waals surface area contributed by atoms with E-state index in [-0.39, 0.29) is 5.78 Å². The maximum Gasteiger partial charge on any atom is 0.320 e. The zero-order valence-electron chi connectivity index (χ0n) is 11.8. The highest BCUT2D eigenvalue weighted by atomic mass is 16.5. The molecule has 0 amide bonds. The molecule has 1 rings (SSSR count). The highest BCUT2D eigenvalue weighted by Crippen LogP contribution is 2.22. The summed E-state index contributed by atoms with van der Waals surface area (Å²) in [6.07, 6.45) is 0.401. The lowest BCUT2D eigenvalue weighted by Gasteiger charge is -2.18. The van der Waals surface area contributed by atoms with Gasteiger partial charge in [0, 0.05) is 5.56 Å². The van der Waals surface area contributed by atoms with Crippen LogP contribution in [0.2, 0.25) is 0 Å². The predicted molar refractivity (Wildman–Crippen MR) is 76.0 cm³/mol. The van der Waals surface area contributed by atoms with Gasteiger partial charge in [0.25, 0.3) is 0 Å². The summed E-state index contributed by atoms with van der Waals surface area (Å²) in [5, 5.41) is 11.8. The first kappa shape index (κ1) is 16.0. The molecule has 0 aliphatic rings. The molecule has 6 nitrogen and oxygen atoms in total. The summed E-state index contributed by atoms with van der Waals surface area (Å²) >= 11 is 0. The molecule has 1 aromatic rings. The van der Waals surface area contributed by atoms with Crippen molar-refractivity contribution < 1.29 is 19.4 Å². The number of aliphatic carboxylic acids is 1. The third-order valence-electron chi connectivity index (χ3n) is 3.07. The molecule has 0 aromatic heterocycles. The SMILES string of the molecule is CCC(NC(C)C(=O)c1ccc(OC)c(N)c1)C(=O)O. The summed E-state index contributed by atoms with van der Waals surface area (Å²) in [6, 6.07) is 3.40. The fraction of sp³-hybridized carbons (Fsp3) is 0.429. The number of carboxylic acid groups (broad SMARTS) is 1. The molecule has 0 radical (unpaired) electrons. The van der Waals surface area contributed by atoms with Crippen LogP contribution in [0.5, 0.6) is 5.75 Å². The predicted octanol–water partition coefficient (Wildman–Crippen LogP) is 1.30. The molecule has 0 heterocycles. The molecular formula is C14H20N2O4. The zero-order valence-corrected chi connectivity index (χ0v) is 11.8. The Labute approximate surface area is 117 Å². The van der Waals surface area contributed by atoms with Gasteiger partial charge in [0.2, 0.25) is 0 Å². The van der Waals surface area contributed by atoms with E-state index >= 15 is 0 Å². The Kier molecular flexibility index (Phi) is 5.52. The second-order valence-corrected chi connectivity index (χ2v) is 4.51. The van der Waals surface area contributed by atoms with Crippen LogP contribution in [0.3, 0.4) is 0 Å². The van der Waals surface area contributed by atoms with Gasteiger partial charge >= 0.3 is 5.97 Å². The van der Waals surface area contributed by atoms with Crippen LogP contribution >= 0.6 is 0 Å². The number of ether oxygens (including phenoxy) is 1. The highest BCUT2D eigenvalue weighted by Gasteiger charge is 2.22. The van der Waals surface area contributed by atoms with Crippen LogP contribution in [0.4, 0.5) is 5.69 Å². The number of nitrogens with two attached hydrogens (primary N) is 1. The Morgan fingerprint density at radius 1 is 1.45 bits per heavy atom. The molecule has 0 aliphatic heterocycles. The van der Waals surface area contributed by atoms with Crippen molar-refractivity contribution in [2.45, 2.75) is 32.4 Å². The van der Waals surface area contributed by atoms with E-state index in [0.29, 0.717) is 23.4 Å². The lowest BCUT2D eigenvalue weighted by Crippen LogP contribution is -2.45. The monoisotopic (exact) mass is 280 g/mol. The standard InChI is InChI=1S/C14H20N2O4/c1-4-11(14(18)19)16-8(2)13(17)9-5-6-12(20-3)10(15)7-9/h5-8,11,16H,4,15H2,1-3H3,(H,18,19). The number of rotatable bonds is 7. The quantitative estimate of drug-likeness (QED) is 0.514. The maximum absolute atomic E-state index is 12.2. The van der Waals surface area contributed by atoms with Crippen LogP contribution in [0, 0.1) is 0 Å². The fourth-order valence-electron chi connectivity index (χ4n) is 1.88. The Hall–Kier alpha value is -2.08. The molecule has 6 heteroatoms. The van der Waals surface area contributed by atoms with E-state index in [1.54, 1.807) is 26.0 Å². The zero-order chi connectivity index (χ0) is 15.3. The van der Waals surface area contributed by atoms with Crippen molar-refractivity contribution in [3.8, 4) is 5.75 Å². The van der Waals surface area contributed by atoms with Crippen molar-refractivity contribution in [2.24, 2.45) is 0 Å². The van der Waals surface area contributed by atoms with Crippen LogP contribution in [0.1, 0.15) is 30.6 Å². The van der Waals surface area contributed by atoms with Crippen LogP contribution < -0.4 is 15.8 Å². The summed E-state index contributed by atoms with van der Waals surface area (Å²) in [7, 11) is 1.50. The van der Waals surface area contributed by atoms with E-state index < -0.39 is 18.1 Å². The van der Waals surface area contributed by atoms with Gasteiger partial charge in [-0.2, -0.15) is 0 Å². The molecule has 0 saturated heterocycles. The summed E-state index contributed by atoms with van der Waals surface area (Å²) in [6.45, 7) is 3.38. The minimum absolute atomic E-state index is 0.209. The Balaban J connectivity index is 2.83. The summed E-state index contributed by atoms with van der Waals surface area (Å²) < 4.78 is 5.02. The molecular weight excluding hydrogens is 260 g/mol. The van der Waals surface area contributed by atoms with Crippen molar-refractivity contribution in [2.75, 3.05) is 12.8 Å². The largest absolute Gasteiger partial charge is 0.495 e. The molecule has 110 valence electrons. The van der Waals surface area contributed by atoms with E-state index in [1.807, 2.05) is 0 Å². The molecule has 0 aliphatic carbocycles. The van der Waals surface area contributed by atoms with Crippen molar-refractivity contribution in [3.05, 3.63) is 23.8 Å². The first-order valence-electron chi connectivity index (χ1n) is 6.37. The number of hydrogen-bond donors (Lipinski definition) is 3. The summed E-state index contributed by atoms with van der Waals surface area (Å²) in [5.41, 5.74) is 6.54. The molecule has 0 fully saturated rings. The van der Waals surface area contributed by atoms with Gasteiger partial charge in [-0.1, -0.05) is 6.92 Å². The lowest BCUT2D eigenvalue weighted by molar-refractivity contribution is -0.139. The number of carboxylic acids is 1. The van der Waals surface area contributed by atoms with Crippen LogP contribution in [0.15, 0.2) is 18.2 Å². The lowest BCUT2D eigenvalue weighted by atomic mass is 10.0. The molecule has 0 bridgehead atoms. The topological polar surface area (TPSA) is 102 Å². The van der Waals surface area contributed by atoms with Crippen LogP contribution in [-0.2, 0) is 4.79 Å². The highest BCUT2D eigenvalue weighted by molar-refractivity contribution is 6.01. The minimum atomic E-state index is -0.971. The van der Waals surface area contributed by atoms with Crippen molar-refractivity contribution in [1.29, 1.82) is 0 Å². The average Bonchev–Trinajstić information content (AvgIpc) is 2.43. The van der Waals surface area contributed by atoms with Crippen molar-refractivity contribution in [1.82, 2.24) is 5.32 Å². The third kappa shape index (κ3) is 3.71. The number of anilines is 1. The number of nitrogens with one attached hydrogen (secondary N) is 1. The van der Waals surface area contributed by atoms with E-state index in [4.69, 9.17) is 15.6 Å². The first-order chi connectivity index (χ1) is 9.40. The number of hydrogen-bond acceptors (Lipinski definition) is 5. The fourth-order valence-corrected chi connectivity index (χ4v) is 1.88. The average molecular weight is 280 g/mol. The Morgan fingerprint density at radius 3 is 2.55 bits per heavy atom. The maximum atomic E-state index is 12.2. The van der Waals surface area contributed by atoms with E-state index in [0.717, 1.165) is 0 Å². The van der Waals surface area contributed by atoms with Gasteiger partial charge in [0.15, 0.2) is 5.78 Å². The smallest absolute Gasteiger partial charge is 0.320 e. The molecule has 4 N–H and O–H groups in total. The minimum Gasteiger partial charge on any atom is -0.495 e. The number of carbonyl (C=O) groups is 2. The van der Waals surface area contributed by atoms with Gasteiger partial charge in [0.1, 0.15) is 11.8 Å². The van der Waals surface area contributed by atoms with Gasteiger partial charge in [-0.25, -0.2) is 0 Å². The van der Waals surface area contributed by atoms with Gasteiger partial charge in [0.05, 0.1) is 18.8 Å². The second kappa shape index (κ2) is 6.91. The number of methoxy groups -OCH3 is 1. The van der Waals surface area contributed by atoms with E-state index in [9.17, 15) is 9.59 Å². The second-order valence-electron chi connectivity index (χ2n) is 4.51. The van der Waals surface area contributed by atoms with Crippen LogP contribution in [0.25, 0.3) is 0 Å². The first-order valence-corrected chi connectivity index (χ1v) is 6.37.